The predicted molar refractivity (Wildman–Crippen MR) is 69.8 cm³/mol. The summed E-state index contributed by atoms with van der Waals surface area (Å²) >= 11 is 0. The lowest BCUT2D eigenvalue weighted by Crippen LogP contribution is -2.45. The highest BCUT2D eigenvalue weighted by atomic mass is 16.1. The standard InChI is InChI=1S/C13H21N3O/c1-12(2,3)9-6-7-10(15-8-9)16-13(4,5)11(14)17/h6-8H,1-5H3,(H2,14,17)(H,15,16). The Morgan fingerprint density at radius 3 is 2.18 bits per heavy atom. The van der Waals surface area contributed by atoms with Gasteiger partial charge in [0.25, 0.3) is 0 Å². The molecule has 0 saturated carbocycles. The van der Waals surface area contributed by atoms with Crippen LogP contribution in [0.3, 0.4) is 0 Å². The Balaban J connectivity index is 2.86. The molecule has 4 heteroatoms. The number of pyridine rings is 1. The summed E-state index contributed by atoms with van der Waals surface area (Å²) in [5.74, 6) is 0.251. The number of rotatable bonds is 3. The summed E-state index contributed by atoms with van der Waals surface area (Å²) in [6.45, 7) is 9.85. The number of carbonyl (C=O) groups excluding carboxylic acids is 1. The summed E-state index contributed by atoms with van der Waals surface area (Å²) in [7, 11) is 0. The summed E-state index contributed by atoms with van der Waals surface area (Å²) in [4.78, 5) is 15.5. The van der Waals surface area contributed by atoms with Gasteiger partial charge in [-0.05, 0) is 30.9 Å². The highest BCUT2D eigenvalue weighted by Gasteiger charge is 2.25. The van der Waals surface area contributed by atoms with Gasteiger partial charge in [0.05, 0.1) is 0 Å². The topological polar surface area (TPSA) is 68.0 Å². The zero-order valence-electron chi connectivity index (χ0n) is 11.2. The number of nitrogens with zero attached hydrogens (tertiary/aromatic N) is 1. The summed E-state index contributed by atoms with van der Waals surface area (Å²) in [5, 5.41) is 3.01. The van der Waals surface area contributed by atoms with Gasteiger partial charge < -0.3 is 11.1 Å². The van der Waals surface area contributed by atoms with Crippen molar-refractivity contribution in [2.24, 2.45) is 5.73 Å². The fourth-order valence-corrected chi connectivity index (χ4v) is 1.29. The second kappa shape index (κ2) is 4.35. The minimum atomic E-state index is -0.795. The number of carbonyl (C=O) groups is 1. The smallest absolute Gasteiger partial charge is 0.242 e. The number of nitrogens with one attached hydrogen (secondary N) is 1. The third-order valence-corrected chi connectivity index (χ3v) is 2.69. The van der Waals surface area contributed by atoms with E-state index in [2.05, 4.69) is 31.1 Å². The van der Waals surface area contributed by atoms with E-state index in [1.807, 2.05) is 18.3 Å². The molecule has 0 saturated heterocycles. The van der Waals surface area contributed by atoms with E-state index >= 15 is 0 Å². The SMILES string of the molecule is CC(C)(Nc1ccc(C(C)(C)C)cn1)C(N)=O. The molecule has 0 atom stereocenters. The van der Waals surface area contributed by atoms with Crippen LogP contribution in [0.1, 0.15) is 40.2 Å². The summed E-state index contributed by atoms with van der Waals surface area (Å²) in [6, 6.07) is 3.87. The number of hydrogen-bond acceptors (Lipinski definition) is 3. The quantitative estimate of drug-likeness (QED) is 0.842. The lowest BCUT2D eigenvalue weighted by Gasteiger charge is -2.24. The Morgan fingerprint density at radius 1 is 1.24 bits per heavy atom. The molecule has 0 spiro atoms. The molecule has 1 amide bonds. The Labute approximate surface area is 103 Å². The van der Waals surface area contributed by atoms with Gasteiger partial charge in [0.2, 0.25) is 5.91 Å². The van der Waals surface area contributed by atoms with E-state index in [1.54, 1.807) is 13.8 Å². The fraction of sp³-hybridized carbons (Fsp3) is 0.538. The third kappa shape index (κ3) is 3.44. The molecule has 1 heterocycles. The number of primary amides is 1. The van der Waals surface area contributed by atoms with Crippen LogP contribution in [0.25, 0.3) is 0 Å². The van der Waals surface area contributed by atoms with Gasteiger partial charge in [-0.2, -0.15) is 0 Å². The van der Waals surface area contributed by atoms with Crippen LogP contribution in [0.4, 0.5) is 5.82 Å². The lowest BCUT2D eigenvalue weighted by molar-refractivity contribution is -0.121. The molecule has 0 aromatic carbocycles. The van der Waals surface area contributed by atoms with Gasteiger partial charge in [0, 0.05) is 6.20 Å². The van der Waals surface area contributed by atoms with Crippen molar-refractivity contribution in [1.82, 2.24) is 4.98 Å². The number of hydrogen-bond donors (Lipinski definition) is 2. The van der Waals surface area contributed by atoms with Crippen LogP contribution in [0.5, 0.6) is 0 Å². The molecule has 3 N–H and O–H groups in total. The number of nitrogens with two attached hydrogens (primary N) is 1. The molecule has 0 radical (unpaired) electrons. The first-order valence-corrected chi connectivity index (χ1v) is 5.67. The summed E-state index contributed by atoms with van der Waals surface area (Å²) in [5.41, 5.74) is 5.72. The third-order valence-electron chi connectivity index (χ3n) is 2.69. The van der Waals surface area contributed by atoms with E-state index in [1.165, 1.54) is 0 Å². The van der Waals surface area contributed by atoms with Crippen LogP contribution < -0.4 is 11.1 Å². The van der Waals surface area contributed by atoms with Crippen LogP contribution in [-0.4, -0.2) is 16.4 Å². The fourth-order valence-electron chi connectivity index (χ4n) is 1.29. The van der Waals surface area contributed by atoms with Crippen LogP contribution in [-0.2, 0) is 10.2 Å². The maximum atomic E-state index is 11.2. The average molecular weight is 235 g/mol. The maximum absolute atomic E-state index is 11.2. The number of amides is 1. The van der Waals surface area contributed by atoms with E-state index in [0.717, 1.165) is 5.56 Å². The van der Waals surface area contributed by atoms with Crippen molar-refractivity contribution in [3.63, 3.8) is 0 Å². The zero-order valence-corrected chi connectivity index (χ0v) is 11.2. The Kier molecular flexibility index (Phi) is 3.45. The monoisotopic (exact) mass is 235 g/mol. The molecule has 0 unspecified atom stereocenters. The van der Waals surface area contributed by atoms with E-state index in [4.69, 9.17) is 5.73 Å². The van der Waals surface area contributed by atoms with E-state index < -0.39 is 11.4 Å². The lowest BCUT2D eigenvalue weighted by atomic mass is 9.88. The number of anilines is 1. The second-order valence-electron chi connectivity index (χ2n) is 5.80. The second-order valence-corrected chi connectivity index (χ2v) is 5.80. The van der Waals surface area contributed by atoms with Crippen LogP contribution in [0.15, 0.2) is 18.3 Å². The molecule has 17 heavy (non-hydrogen) atoms. The first-order valence-electron chi connectivity index (χ1n) is 5.67. The molecule has 0 fully saturated rings. The van der Waals surface area contributed by atoms with Crippen molar-refractivity contribution in [3.8, 4) is 0 Å². The minimum Gasteiger partial charge on any atom is -0.368 e. The summed E-state index contributed by atoms with van der Waals surface area (Å²) in [6.07, 6.45) is 1.82. The molecule has 4 nitrogen and oxygen atoms in total. The molecule has 0 aliphatic rings. The van der Waals surface area contributed by atoms with Gasteiger partial charge in [0.15, 0.2) is 0 Å². The normalized spacial score (nSPS) is 12.3. The Bertz CT molecular complexity index is 402. The van der Waals surface area contributed by atoms with Crippen molar-refractivity contribution in [2.75, 3.05) is 5.32 Å². The van der Waals surface area contributed by atoms with Gasteiger partial charge in [-0.15, -0.1) is 0 Å². The van der Waals surface area contributed by atoms with E-state index in [-0.39, 0.29) is 5.41 Å². The van der Waals surface area contributed by atoms with Crippen molar-refractivity contribution in [3.05, 3.63) is 23.9 Å². The molecule has 94 valence electrons. The molecular weight excluding hydrogens is 214 g/mol. The first kappa shape index (κ1) is 13.5. The molecule has 0 aliphatic heterocycles. The molecule has 0 bridgehead atoms. The maximum Gasteiger partial charge on any atom is 0.242 e. The van der Waals surface area contributed by atoms with Crippen LogP contribution in [0.2, 0.25) is 0 Å². The van der Waals surface area contributed by atoms with Crippen molar-refractivity contribution < 1.29 is 4.79 Å². The van der Waals surface area contributed by atoms with Crippen LogP contribution >= 0.6 is 0 Å². The molecule has 0 aliphatic carbocycles. The molecule has 1 aromatic heterocycles. The first-order chi connectivity index (χ1) is 7.63. The summed E-state index contributed by atoms with van der Waals surface area (Å²) < 4.78 is 0. The Morgan fingerprint density at radius 2 is 1.82 bits per heavy atom. The van der Waals surface area contributed by atoms with Crippen molar-refractivity contribution in [1.29, 1.82) is 0 Å². The average Bonchev–Trinajstić information content (AvgIpc) is 2.16. The highest BCUT2D eigenvalue weighted by Crippen LogP contribution is 2.22. The van der Waals surface area contributed by atoms with Gasteiger partial charge in [-0.25, -0.2) is 4.98 Å². The number of aromatic nitrogens is 1. The minimum absolute atomic E-state index is 0.0741. The predicted octanol–water partition coefficient (Wildman–Crippen LogP) is 2.05. The zero-order chi connectivity index (χ0) is 13.3. The van der Waals surface area contributed by atoms with Gasteiger partial charge in [-0.1, -0.05) is 26.8 Å². The van der Waals surface area contributed by atoms with Gasteiger partial charge in [0.1, 0.15) is 11.4 Å². The van der Waals surface area contributed by atoms with Crippen LogP contribution in [0, 0.1) is 0 Å². The van der Waals surface area contributed by atoms with Gasteiger partial charge in [-0.3, -0.25) is 4.79 Å². The molecule has 1 rings (SSSR count). The van der Waals surface area contributed by atoms with E-state index in [9.17, 15) is 4.79 Å². The van der Waals surface area contributed by atoms with E-state index in [0.29, 0.717) is 5.82 Å². The molecular formula is C13H21N3O. The van der Waals surface area contributed by atoms with Gasteiger partial charge >= 0.3 is 0 Å². The van der Waals surface area contributed by atoms with Crippen molar-refractivity contribution >= 4 is 11.7 Å². The Hall–Kier alpha value is -1.58. The largest absolute Gasteiger partial charge is 0.368 e. The van der Waals surface area contributed by atoms with Crippen molar-refractivity contribution in [2.45, 2.75) is 45.6 Å². The highest BCUT2D eigenvalue weighted by molar-refractivity contribution is 5.86. The molecule has 1 aromatic rings.